The first-order chi connectivity index (χ1) is 8.63. The van der Waals surface area contributed by atoms with E-state index in [9.17, 15) is 9.59 Å². The molecule has 0 atom stereocenters. The fraction of sp³-hybridized carbons (Fsp3) is 0.250. The minimum atomic E-state index is -0.530. The molecule has 0 unspecified atom stereocenters. The third-order valence-electron chi connectivity index (χ3n) is 2.49. The third kappa shape index (κ3) is 2.17. The molecule has 0 spiro atoms. The van der Waals surface area contributed by atoms with Crippen molar-refractivity contribution in [2.24, 2.45) is 7.05 Å². The van der Waals surface area contributed by atoms with Gasteiger partial charge in [0.15, 0.2) is 6.61 Å². The monoisotopic (exact) mass is 248 g/mol. The standard InChI is InChI=1S/C12H12N2O4/c1-14-11(16)8-5-3-4-6-9(8)13-12(14)18-7-10(15)17-2/h3-6H,7H2,1-2H3. The first kappa shape index (κ1) is 12.1. The van der Waals surface area contributed by atoms with E-state index in [1.165, 1.54) is 18.7 Å². The molecule has 0 N–H and O–H groups in total. The van der Waals surface area contributed by atoms with Crippen molar-refractivity contribution in [2.75, 3.05) is 13.7 Å². The van der Waals surface area contributed by atoms with Crippen LogP contribution in [0.3, 0.4) is 0 Å². The van der Waals surface area contributed by atoms with Crippen LogP contribution in [0.1, 0.15) is 0 Å². The van der Waals surface area contributed by atoms with Crippen LogP contribution in [0.4, 0.5) is 0 Å². The maximum Gasteiger partial charge on any atom is 0.344 e. The smallest absolute Gasteiger partial charge is 0.344 e. The number of aromatic nitrogens is 2. The first-order valence-electron chi connectivity index (χ1n) is 5.29. The topological polar surface area (TPSA) is 70.4 Å². The van der Waals surface area contributed by atoms with E-state index in [2.05, 4.69) is 9.72 Å². The Hall–Kier alpha value is -2.37. The second kappa shape index (κ2) is 4.87. The van der Waals surface area contributed by atoms with Crippen molar-refractivity contribution in [1.82, 2.24) is 9.55 Å². The number of carbonyl (C=O) groups is 1. The number of carbonyl (C=O) groups excluding carboxylic acids is 1. The molecule has 0 radical (unpaired) electrons. The lowest BCUT2D eigenvalue weighted by molar-refractivity contribution is -0.143. The fourth-order valence-electron chi connectivity index (χ4n) is 1.51. The van der Waals surface area contributed by atoms with E-state index in [0.717, 1.165) is 0 Å². The maximum absolute atomic E-state index is 12.0. The molecule has 0 aliphatic heterocycles. The number of para-hydroxylation sites is 1. The quantitative estimate of drug-likeness (QED) is 0.739. The Morgan fingerprint density at radius 3 is 2.83 bits per heavy atom. The van der Waals surface area contributed by atoms with Gasteiger partial charge in [-0.05, 0) is 12.1 Å². The van der Waals surface area contributed by atoms with Gasteiger partial charge >= 0.3 is 5.97 Å². The van der Waals surface area contributed by atoms with Gasteiger partial charge in [-0.2, -0.15) is 4.98 Å². The Kier molecular flexibility index (Phi) is 3.27. The summed E-state index contributed by atoms with van der Waals surface area (Å²) in [4.78, 5) is 27.1. The molecule has 1 aromatic carbocycles. The maximum atomic E-state index is 12.0. The van der Waals surface area contributed by atoms with E-state index in [1.807, 2.05) is 0 Å². The summed E-state index contributed by atoms with van der Waals surface area (Å²) in [6.07, 6.45) is 0. The lowest BCUT2D eigenvalue weighted by atomic mass is 10.2. The van der Waals surface area contributed by atoms with E-state index in [4.69, 9.17) is 4.74 Å². The number of hydrogen-bond acceptors (Lipinski definition) is 5. The van der Waals surface area contributed by atoms with Crippen molar-refractivity contribution in [3.63, 3.8) is 0 Å². The van der Waals surface area contributed by atoms with Crippen LogP contribution in [0, 0.1) is 0 Å². The molecule has 94 valence electrons. The molecule has 18 heavy (non-hydrogen) atoms. The lowest BCUT2D eigenvalue weighted by Gasteiger charge is -2.09. The van der Waals surface area contributed by atoms with Crippen LogP contribution in [0.15, 0.2) is 29.1 Å². The number of hydrogen-bond donors (Lipinski definition) is 0. The van der Waals surface area contributed by atoms with Crippen molar-refractivity contribution >= 4 is 16.9 Å². The van der Waals surface area contributed by atoms with Crippen molar-refractivity contribution in [3.8, 4) is 6.01 Å². The summed E-state index contributed by atoms with van der Waals surface area (Å²) in [6.45, 7) is -0.283. The molecule has 0 bridgehead atoms. The molecule has 1 aromatic heterocycles. The van der Waals surface area contributed by atoms with Gasteiger partial charge in [0, 0.05) is 7.05 Å². The van der Waals surface area contributed by atoms with Gasteiger partial charge < -0.3 is 9.47 Å². The summed E-state index contributed by atoms with van der Waals surface area (Å²) in [5, 5.41) is 0.505. The van der Waals surface area contributed by atoms with Gasteiger partial charge in [-0.3, -0.25) is 9.36 Å². The van der Waals surface area contributed by atoms with Gasteiger partial charge in [0.2, 0.25) is 0 Å². The van der Waals surface area contributed by atoms with Crippen LogP contribution in [0.2, 0.25) is 0 Å². The summed E-state index contributed by atoms with van der Waals surface area (Å²) in [7, 11) is 2.80. The van der Waals surface area contributed by atoms with Crippen molar-refractivity contribution in [1.29, 1.82) is 0 Å². The first-order valence-corrected chi connectivity index (χ1v) is 5.29. The summed E-state index contributed by atoms with van der Waals surface area (Å²) < 4.78 is 10.9. The van der Waals surface area contributed by atoms with Gasteiger partial charge in [0.05, 0.1) is 18.0 Å². The number of nitrogens with zero attached hydrogens (tertiary/aromatic N) is 2. The van der Waals surface area contributed by atoms with Gasteiger partial charge in [0.25, 0.3) is 11.6 Å². The van der Waals surface area contributed by atoms with Crippen molar-refractivity contribution < 1.29 is 14.3 Å². The van der Waals surface area contributed by atoms with Crippen molar-refractivity contribution in [2.45, 2.75) is 0 Å². The van der Waals surface area contributed by atoms with Crippen LogP contribution in [-0.4, -0.2) is 29.2 Å². The minimum absolute atomic E-state index is 0.0871. The molecule has 1 heterocycles. The Morgan fingerprint density at radius 1 is 1.39 bits per heavy atom. The summed E-state index contributed by atoms with van der Waals surface area (Å²) >= 11 is 0. The zero-order valence-corrected chi connectivity index (χ0v) is 10.0. The number of benzene rings is 1. The second-order valence-electron chi connectivity index (χ2n) is 3.64. The molecule has 2 aromatic rings. The lowest BCUT2D eigenvalue weighted by Crippen LogP contribution is -2.23. The zero-order chi connectivity index (χ0) is 13.1. The SMILES string of the molecule is COC(=O)COc1nc2ccccc2c(=O)n1C. The molecule has 0 amide bonds. The van der Waals surface area contributed by atoms with Gasteiger partial charge in [-0.15, -0.1) is 0 Å². The van der Waals surface area contributed by atoms with Crippen LogP contribution in [0.5, 0.6) is 6.01 Å². The van der Waals surface area contributed by atoms with E-state index < -0.39 is 5.97 Å². The minimum Gasteiger partial charge on any atom is -0.466 e. The van der Waals surface area contributed by atoms with Crippen LogP contribution in [0.25, 0.3) is 10.9 Å². The van der Waals surface area contributed by atoms with E-state index in [1.54, 1.807) is 24.3 Å². The molecule has 0 aliphatic carbocycles. The predicted molar refractivity (Wildman–Crippen MR) is 64.5 cm³/mol. The molecule has 0 saturated heterocycles. The molecule has 6 heteroatoms. The third-order valence-corrected chi connectivity index (χ3v) is 2.49. The highest BCUT2D eigenvalue weighted by atomic mass is 16.6. The highest BCUT2D eigenvalue weighted by Gasteiger charge is 2.10. The van der Waals surface area contributed by atoms with Gasteiger partial charge in [-0.1, -0.05) is 12.1 Å². The molecular formula is C12H12N2O4. The van der Waals surface area contributed by atoms with E-state index >= 15 is 0 Å². The highest BCUT2D eigenvalue weighted by Crippen LogP contribution is 2.11. The average Bonchev–Trinajstić information content (AvgIpc) is 2.41. The summed E-state index contributed by atoms with van der Waals surface area (Å²) in [5.74, 6) is -0.530. The van der Waals surface area contributed by atoms with Crippen LogP contribution >= 0.6 is 0 Å². The van der Waals surface area contributed by atoms with Crippen LogP contribution in [-0.2, 0) is 16.6 Å². The Labute approximate surface area is 103 Å². The largest absolute Gasteiger partial charge is 0.466 e. The second-order valence-corrected chi connectivity index (χ2v) is 3.64. The number of esters is 1. The zero-order valence-electron chi connectivity index (χ0n) is 10.0. The van der Waals surface area contributed by atoms with Crippen LogP contribution < -0.4 is 10.3 Å². The Morgan fingerprint density at radius 2 is 2.11 bits per heavy atom. The van der Waals surface area contributed by atoms with Gasteiger partial charge in [-0.25, -0.2) is 4.79 Å². The normalized spacial score (nSPS) is 10.3. The molecular weight excluding hydrogens is 236 g/mol. The van der Waals surface area contributed by atoms with E-state index in [-0.39, 0.29) is 18.2 Å². The number of fused-ring (bicyclic) bond motifs is 1. The molecule has 6 nitrogen and oxygen atoms in total. The van der Waals surface area contributed by atoms with E-state index in [0.29, 0.717) is 10.9 Å². The number of rotatable bonds is 3. The Bertz CT molecular complexity index is 648. The number of ether oxygens (including phenoxy) is 2. The molecule has 0 saturated carbocycles. The predicted octanol–water partition coefficient (Wildman–Crippen LogP) is 0.485. The molecule has 0 fully saturated rings. The summed E-state index contributed by atoms with van der Waals surface area (Å²) in [6, 6.07) is 7.03. The molecule has 0 aliphatic rings. The molecule has 2 rings (SSSR count). The summed E-state index contributed by atoms with van der Waals surface area (Å²) in [5.41, 5.74) is 0.306. The highest BCUT2D eigenvalue weighted by molar-refractivity contribution is 5.77. The average molecular weight is 248 g/mol. The fourth-order valence-corrected chi connectivity index (χ4v) is 1.51. The number of methoxy groups -OCH3 is 1. The Balaban J connectivity index is 2.43. The van der Waals surface area contributed by atoms with Gasteiger partial charge in [0.1, 0.15) is 0 Å². The van der Waals surface area contributed by atoms with Crippen molar-refractivity contribution in [3.05, 3.63) is 34.6 Å².